The molecule has 3 heterocycles. The van der Waals surface area contributed by atoms with Gasteiger partial charge in [0.2, 0.25) is 5.91 Å². The van der Waals surface area contributed by atoms with Crippen molar-refractivity contribution in [3.05, 3.63) is 48.9 Å². The highest BCUT2D eigenvalue weighted by Crippen LogP contribution is 2.28. The molecule has 9 heteroatoms. The van der Waals surface area contributed by atoms with Gasteiger partial charge in [-0.3, -0.25) is 4.79 Å². The topological polar surface area (TPSA) is 108 Å². The summed E-state index contributed by atoms with van der Waals surface area (Å²) in [6.07, 6.45) is 4.48. The number of ether oxygens (including phenoxy) is 2. The molecule has 0 saturated carbocycles. The fourth-order valence-electron chi connectivity index (χ4n) is 3.73. The molecule has 2 N–H and O–H groups in total. The third kappa shape index (κ3) is 4.34. The number of carbonyl (C=O) groups is 1. The average Bonchev–Trinajstić information content (AvgIpc) is 3.21. The Kier molecular flexibility index (Phi) is 6.22. The monoisotopic (exact) mass is 432 g/mol. The van der Waals surface area contributed by atoms with Crippen LogP contribution in [0.15, 0.2) is 43.2 Å². The van der Waals surface area contributed by atoms with Gasteiger partial charge >= 0.3 is 0 Å². The Morgan fingerprint density at radius 1 is 1.31 bits per heavy atom. The Morgan fingerprint density at radius 3 is 2.84 bits per heavy atom. The van der Waals surface area contributed by atoms with Crippen LogP contribution < -0.4 is 15.2 Å². The van der Waals surface area contributed by atoms with Gasteiger partial charge in [-0.1, -0.05) is 12.5 Å². The molecule has 1 aliphatic rings. The second kappa shape index (κ2) is 9.39. The smallest absolute Gasteiger partial charge is 0.246 e. The van der Waals surface area contributed by atoms with Gasteiger partial charge in [-0.05, 0) is 49.1 Å². The number of amides is 1. The predicted molar refractivity (Wildman–Crippen MR) is 120 cm³/mol. The molecule has 1 fully saturated rings. The number of benzene rings is 1. The Labute approximate surface area is 185 Å². The largest absolute Gasteiger partial charge is 0.497 e. The summed E-state index contributed by atoms with van der Waals surface area (Å²) in [6, 6.07) is 7.24. The van der Waals surface area contributed by atoms with Gasteiger partial charge in [0.25, 0.3) is 0 Å². The lowest BCUT2D eigenvalue weighted by atomic mass is 10.1. The van der Waals surface area contributed by atoms with E-state index in [-0.39, 0.29) is 18.6 Å². The minimum absolute atomic E-state index is 0.0319. The molecule has 3 aromatic rings. The van der Waals surface area contributed by atoms with Crippen LogP contribution in [-0.4, -0.2) is 57.4 Å². The molecular weight excluding hydrogens is 408 g/mol. The minimum Gasteiger partial charge on any atom is -0.497 e. The number of rotatable bonds is 5. The predicted octanol–water partition coefficient (Wildman–Crippen LogP) is 2.20. The Balaban J connectivity index is 1.57. The van der Waals surface area contributed by atoms with Crippen molar-refractivity contribution in [2.75, 3.05) is 32.5 Å². The summed E-state index contributed by atoms with van der Waals surface area (Å²) in [6.45, 7) is 4.99. The highest BCUT2D eigenvalue weighted by molar-refractivity contribution is 5.90. The van der Waals surface area contributed by atoms with Gasteiger partial charge < -0.3 is 20.1 Å². The van der Waals surface area contributed by atoms with Crippen LogP contribution in [0, 0.1) is 11.8 Å². The maximum absolute atomic E-state index is 12.1. The first-order valence-corrected chi connectivity index (χ1v) is 10.3. The van der Waals surface area contributed by atoms with E-state index in [9.17, 15) is 4.79 Å². The number of piperidine rings is 1. The molecule has 1 saturated heterocycles. The maximum Gasteiger partial charge on any atom is 0.246 e. The summed E-state index contributed by atoms with van der Waals surface area (Å²) < 4.78 is 12.6. The SMILES string of the molecule is C=CC(=O)N1CCC[C@@H](n2nc(C#CCOc3ccc(OC)cc3)c3c(N)ncnc32)C1. The van der Waals surface area contributed by atoms with E-state index in [1.165, 1.54) is 12.4 Å². The number of nitrogen functional groups attached to an aromatic ring is 1. The molecule has 0 aliphatic carbocycles. The summed E-state index contributed by atoms with van der Waals surface area (Å²) in [5.74, 6) is 7.69. The van der Waals surface area contributed by atoms with Gasteiger partial charge in [0, 0.05) is 13.1 Å². The van der Waals surface area contributed by atoms with Crippen LogP contribution in [-0.2, 0) is 4.79 Å². The third-order valence-corrected chi connectivity index (χ3v) is 5.32. The van der Waals surface area contributed by atoms with E-state index in [2.05, 4.69) is 33.5 Å². The quantitative estimate of drug-likeness (QED) is 0.486. The number of aromatic nitrogens is 4. The molecule has 0 spiro atoms. The molecule has 32 heavy (non-hydrogen) atoms. The lowest BCUT2D eigenvalue weighted by Gasteiger charge is -2.32. The van der Waals surface area contributed by atoms with Crippen LogP contribution in [0.5, 0.6) is 11.5 Å². The molecule has 1 atom stereocenters. The van der Waals surface area contributed by atoms with E-state index < -0.39 is 0 Å². The number of hydrogen-bond acceptors (Lipinski definition) is 7. The Hall–Kier alpha value is -4.06. The summed E-state index contributed by atoms with van der Waals surface area (Å²) in [5.41, 5.74) is 7.22. The molecule has 2 aromatic heterocycles. The molecule has 0 radical (unpaired) electrons. The van der Waals surface area contributed by atoms with Gasteiger partial charge in [-0.2, -0.15) is 5.10 Å². The van der Waals surface area contributed by atoms with Crippen LogP contribution in [0.2, 0.25) is 0 Å². The van der Waals surface area contributed by atoms with Gasteiger partial charge in [0.15, 0.2) is 5.65 Å². The van der Waals surface area contributed by atoms with E-state index in [1.54, 1.807) is 12.0 Å². The van der Waals surface area contributed by atoms with Crippen LogP contribution in [0.4, 0.5) is 5.82 Å². The molecule has 1 aliphatic heterocycles. The van der Waals surface area contributed by atoms with Gasteiger partial charge in [-0.15, -0.1) is 0 Å². The zero-order chi connectivity index (χ0) is 22.5. The zero-order valence-corrected chi connectivity index (χ0v) is 17.8. The van der Waals surface area contributed by atoms with Crippen molar-refractivity contribution in [3.8, 4) is 23.3 Å². The molecule has 0 bridgehead atoms. The van der Waals surface area contributed by atoms with Gasteiger partial charge in [-0.25, -0.2) is 14.6 Å². The number of hydrogen-bond donors (Lipinski definition) is 1. The number of nitrogens with two attached hydrogens (primary N) is 1. The number of carbonyl (C=O) groups excluding carboxylic acids is 1. The lowest BCUT2D eigenvalue weighted by Crippen LogP contribution is -2.40. The fraction of sp³-hybridized carbons (Fsp3) is 0.304. The lowest BCUT2D eigenvalue weighted by molar-refractivity contribution is -0.127. The van der Waals surface area contributed by atoms with E-state index in [4.69, 9.17) is 15.2 Å². The van der Waals surface area contributed by atoms with Crippen molar-refractivity contribution in [1.29, 1.82) is 0 Å². The van der Waals surface area contributed by atoms with E-state index in [0.717, 1.165) is 18.6 Å². The normalized spacial score (nSPS) is 15.7. The third-order valence-electron chi connectivity index (χ3n) is 5.32. The first-order chi connectivity index (χ1) is 15.6. The summed E-state index contributed by atoms with van der Waals surface area (Å²) >= 11 is 0. The van der Waals surface area contributed by atoms with Gasteiger partial charge in [0.05, 0.1) is 18.5 Å². The van der Waals surface area contributed by atoms with Crippen LogP contribution in [0.3, 0.4) is 0 Å². The molecular formula is C23H24N6O3. The second-order valence-electron chi connectivity index (χ2n) is 7.30. The number of likely N-dealkylation sites (tertiary alicyclic amines) is 1. The average molecular weight is 432 g/mol. The Morgan fingerprint density at radius 2 is 2.09 bits per heavy atom. The Bertz CT molecular complexity index is 1190. The molecule has 0 unspecified atom stereocenters. The van der Waals surface area contributed by atoms with Crippen LogP contribution in [0.25, 0.3) is 11.0 Å². The van der Waals surface area contributed by atoms with Crippen molar-refractivity contribution in [1.82, 2.24) is 24.6 Å². The minimum atomic E-state index is -0.0870. The van der Waals surface area contributed by atoms with Crippen molar-refractivity contribution >= 4 is 22.8 Å². The fourth-order valence-corrected chi connectivity index (χ4v) is 3.73. The molecule has 1 amide bonds. The maximum atomic E-state index is 12.1. The zero-order valence-electron chi connectivity index (χ0n) is 17.8. The highest BCUT2D eigenvalue weighted by Gasteiger charge is 2.27. The number of methoxy groups -OCH3 is 1. The molecule has 1 aromatic carbocycles. The molecule has 4 rings (SSSR count). The van der Waals surface area contributed by atoms with Crippen molar-refractivity contribution < 1.29 is 14.3 Å². The second-order valence-corrected chi connectivity index (χ2v) is 7.30. The highest BCUT2D eigenvalue weighted by atomic mass is 16.5. The van der Waals surface area contributed by atoms with Crippen molar-refractivity contribution in [3.63, 3.8) is 0 Å². The first-order valence-electron chi connectivity index (χ1n) is 10.3. The van der Waals surface area contributed by atoms with Gasteiger partial charge in [0.1, 0.15) is 35.9 Å². The van der Waals surface area contributed by atoms with Crippen LogP contribution in [0.1, 0.15) is 24.6 Å². The van der Waals surface area contributed by atoms with Crippen molar-refractivity contribution in [2.24, 2.45) is 0 Å². The summed E-state index contributed by atoms with van der Waals surface area (Å²) in [7, 11) is 1.61. The number of anilines is 1. The summed E-state index contributed by atoms with van der Waals surface area (Å²) in [4.78, 5) is 22.3. The van der Waals surface area contributed by atoms with E-state index in [0.29, 0.717) is 41.4 Å². The van der Waals surface area contributed by atoms with Crippen LogP contribution >= 0.6 is 0 Å². The number of nitrogens with zero attached hydrogens (tertiary/aromatic N) is 5. The first kappa shape index (κ1) is 21.2. The van der Waals surface area contributed by atoms with E-state index in [1.807, 2.05) is 28.9 Å². The molecule has 164 valence electrons. The standard InChI is InChI=1S/C23H24N6O3/c1-3-20(30)28-12-4-6-16(14-28)29-23-21(22(24)25-15-26-23)19(27-29)7-5-13-32-18-10-8-17(31-2)9-11-18/h3,8-11,15-16H,1,4,6,12-14H2,2H3,(H2,24,25,26)/t16-/m1/s1. The van der Waals surface area contributed by atoms with E-state index >= 15 is 0 Å². The molecule has 9 nitrogen and oxygen atoms in total. The summed E-state index contributed by atoms with van der Waals surface area (Å²) in [5, 5.41) is 5.29. The van der Waals surface area contributed by atoms with Crippen molar-refractivity contribution in [2.45, 2.75) is 18.9 Å². The number of fused-ring (bicyclic) bond motifs is 1.